The largest absolute Gasteiger partial charge is 0.383 e. The minimum atomic E-state index is -0.184. The molecule has 2 aromatic heterocycles. The van der Waals surface area contributed by atoms with Crippen LogP contribution in [-0.2, 0) is 0 Å². The third kappa shape index (κ3) is 2.69. The molecule has 2 N–H and O–H groups in total. The van der Waals surface area contributed by atoms with Crippen LogP contribution in [-0.4, -0.2) is 19.3 Å². The molecule has 1 atom stereocenters. The molecule has 2 heterocycles. The van der Waals surface area contributed by atoms with Gasteiger partial charge in [0.05, 0.1) is 11.6 Å². The second-order valence-electron chi connectivity index (χ2n) is 5.54. The molecule has 0 fully saturated rings. The lowest BCUT2D eigenvalue weighted by Gasteiger charge is -2.16. The van der Waals surface area contributed by atoms with Crippen molar-refractivity contribution in [2.24, 2.45) is 0 Å². The maximum Gasteiger partial charge on any atom is 0.277 e. The number of halogens is 1. The molecular formula is C17H18ClN5O. The van der Waals surface area contributed by atoms with Gasteiger partial charge in [-0.25, -0.2) is 14.6 Å². The van der Waals surface area contributed by atoms with Crippen LogP contribution in [0.25, 0.3) is 17.1 Å². The third-order valence-corrected chi connectivity index (χ3v) is 4.22. The summed E-state index contributed by atoms with van der Waals surface area (Å²) < 4.78 is 3.17. The van der Waals surface area contributed by atoms with Crippen LogP contribution in [0, 0.1) is 0 Å². The fourth-order valence-electron chi connectivity index (χ4n) is 2.63. The maximum absolute atomic E-state index is 13.1. The van der Waals surface area contributed by atoms with Gasteiger partial charge in [-0.2, -0.15) is 4.68 Å². The molecule has 0 aliphatic carbocycles. The van der Waals surface area contributed by atoms with Crippen LogP contribution < -0.4 is 11.3 Å². The smallest absolute Gasteiger partial charge is 0.277 e. The molecule has 1 aromatic carbocycles. The molecule has 0 radical (unpaired) electrons. The lowest BCUT2D eigenvalue weighted by atomic mass is 10.1. The van der Waals surface area contributed by atoms with Crippen LogP contribution in [0.3, 0.4) is 0 Å². The molecular weight excluding hydrogens is 326 g/mol. The van der Waals surface area contributed by atoms with Gasteiger partial charge in [-0.15, -0.1) is 0 Å². The highest BCUT2D eigenvalue weighted by atomic mass is 35.5. The average molecular weight is 344 g/mol. The normalized spacial score (nSPS) is 12.3. The molecule has 3 rings (SSSR count). The SMILES string of the molecule is CCC(C)n1c(=O)c(-c2cccc(Cl)c2)c(N)n1-c1ncccn1. The Morgan fingerprint density at radius 1 is 1.25 bits per heavy atom. The Labute approximate surface area is 144 Å². The van der Waals surface area contributed by atoms with E-state index in [0.29, 0.717) is 27.9 Å². The summed E-state index contributed by atoms with van der Waals surface area (Å²) in [4.78, 5) is 21.5. The molecule has 0 spiro atoms. The van der Waals surface area contributed by atoms with E-state index in [2.05, 4.69) is 9.97 Å². The number of nitrogen functional groups attached to an aromatic ring is 1. The second-order valence-corrected chi connectivity index (χ2v) is 5.97. The number of hydrogen-bond acceptors (Lipinski definition) is 4. The Balaban J connectivity index is 2.34. The maximum atomic E-state index is 13.1. The van der Waals surface area contributed by atoms with Crippen LogP contribution in [0.2, 0.25) is 5.02 Å². The molecule has 0 bridgehead atoms. The number of nitrogens with zero attached hydrogens (tertiary/aromatic N) is 4. The van der Waals surface area contributed by atoms with Crippen molar-refractivity contribution in [3.63, 3.8) is 0 Å². The zero-order valence-electron chi connectivity index (χ0n) is 13.5. The summed E-state index contributed by atoms with van der Waals surface area (Å²) in [6, 6.07) is 8.75. The summed E-state index contributed by atoms with van der Waals surface area (Å²) in [5.74, 6) is 0.662. The monoisotopic (exact) mass is 343 g/mol. The molecule has 124 valence electrons. The Hall–Kier alpha value is -2.60. The highest BCUT2D eigenvalue weighted by Gasteiger charge is 2.24. The van der Waals surface area contributed by atoms with Gasteiger partial charge < -0.3 is 5.73 Å². The average Bonchev–Trinajstić information content (AvgIpc) is 2.85. The number of anilines is 1. The molecule has 0 saturated carbocycles. The van der Waals surface area contributed by atoms with Gasteiger partial charge in [0.2, 0.25) is 0 Å². The summed E-state index contributed by atoms with van der Waals surface area (Å²) in [6.07, 6.45) is 4.00. The van der Waals surface area contributed by atoms with E-state index in [4.69, 9.17) is 17.3 Å². The van der Waals surface area contributed by atoms with Crippen molar-refractivity contribution in [3.05, 3.63) is 58.1 Å². The summed E-state index contributed by atoms with van der Waals surface area (Å²) in [5, 5.41) is 0.546. The van der Waals surface area contributed by atoms with Gasteiger partial charge in [0.15, 0.2) is 0 Å². The summed E-state index contributed by atoms with van der Waals surface area (Å²) in [6.45, 7) is 3.97. The van der Waals surface area contributed by atoms with E-state index in [1.807, 2.05) is 19.9 Å². The minimum absolute atomic E-state index is 0.0588. The molecule has 6 nitrogen and oxygen atoms in total. The standard InChI is InChI=1S/C17H18ClN5O/c1-3-11(2)22-16(24)14(12-6-4-7-13(18)10-12)15(19)23(22)17-20-8-5-9-21-17/h4-11H,3,19H2,1-2H3. The Bertz CT molecular complexity index is 916. The van der Waals surface area contributed by atoms with E-state index in [-0.39, 0.29) is 11.6 Å². The third-order valence-electron chi connectivity index (χ3n) is 3.98. The van der Waals surface area contributed by atoms with E-state index >= 15 is 0 Å². The Morgan fingerprint density at radius 2 is 1.96 bits per heavy atom. The van der Waals surface area contributed by atoms with Crippen LogP contribution >= 0.6 is 11.6 Å². The van der Waals surface area contributed by atoms with Crippen LogP contribution in [0.15, 0.2) is 47.5 Å². The minimum Gasteiger partial charge on any atom is -0.383 e. The molecule has 1 unspecified atom stereocenters. The van der Waals surface area contributed by atoms with Crippen LogP contribution in [0.5, 0.6) is 0 Å². The molecule has 0 amide bonds. The lowest BCUT2D eigenvalue weighted by molar-refractivity contribution is 0.424. The van der Waals surface area contributed by atoms with Gasteiger partial charge in [-0.3, -0.25) is 4.79 Å². The first-order valence-corrected chi connectivity index (χ1v) is 8.08. The number of nitrogens with two attached hydrogens (primary N) is 1. The van der Waals surface area contributed by atoms with Crippen molar-refractivity contribution >= 4 is 17.4 Å². The van der Waals surface area contributed by atoms with E-state index in [9.17, 15) is 4.79 Å². The fourth-order valence-corrected chi connectivity index (χ4v) is 2.82. The van der Waals surface area contributed by atoms with Crippen molar-refractivity contribution in [2.75, 3.05) is 5.73 Å². The summed E-state index contributed by atoms with van der Waals surface area (Å²) in [5.41, 5.74) is 7.23. The van der Waals surface area contributed by atoms with E-state index < -0.39 is 0 Å². The van der Waals surface area contributed by atoms with Crippen molar-refractivity contribution in [1.82, 2.24) is 19.3 Å². The first-order valence-electron chi connectivity index (χ1n) is 7.71. The first kappa shape index (κ1) is 16.3. The molecule has 7 heteroatoms. The fraction of sp³-hybridized carbons (Fsp3) is 0.235. The molecule has 0 saturated heterocycles. The molecule has 3 aromatic rings. The predicted molar refractivity (Wildman–Crippen MR) is 95.5 cm³/mol. The summed E-state index contributed by atoms with van der Waals surface area (Å²) in [7, 11) is 0. The van der Waals surface area contributed by atoms with Crippen LogP contribution in [0.4, 0.5) is 5.82 Å². The predicted octanol–water partition coefficient (Wildman–Crippen LogP) is 3.30. The van der Waals surface area contributed by atoms with Gasteiger partial charge in [0.1, 0.15) is 5.82 Å². The topological polar surface area (TPSA) is 78.7 Å². The van der Waals surface area contributed by atoms with Crippen molar-refractivity contribution in [3.8, 4) is 17.1 Å². The van der Waals surface area contributed by atoms with E-state index in [1.54, 1.807) is 46.0 Å². The number of aromatic nitrogens is 4. The van der Waals surface area contributed by atoms with E-state index in [0.717, 1.165) is 6.42 Å². The Morgan fingerprint density at radius 3 is 2.58 bits per heavy atom. The lowest BCUT2D eigenvalue weighted by Crippen LogP contribution is -2.27. The second kappa shape index (κ2) is 6.49. The zero-order chi connectivity index (χ0) is 17.3. The van der Waals surface area contributed by atoms with Gasteiger partial charge in [-0.05, 0) is 37.1 Å². The van der Waals surface area contributed by atoms with Crippen molar-refractivity contribution in [2.45, 2.75) is 26.3 Å². The van der Waals surface area contributed by atoms with Crippen LogP contribution in [0.1, 0.15) is 26.3 Å². The highest BCUT2D eigenvalue weighted by Crippen LogP contribution is 2.28. The first-order chi connectivity index (χ1) is 11.5. The van der Waals surface area contributed by atoms with Gasteiger partial charge in [0, 0.05) is 17.4 Å². The molecule has 0 aliphatic rings. The van der Waals surface area contributed by atoms with Gasteiger partial charge >= 0.3 is 0 Å². The summed E-state index contributed by atoms with van der Waals surface area (Å²) >= 11 is 6.07. The zero-order valence-corrected chi connectivity index (χ0v) is 14.2. The van der Waals surface area contributed by atoms with Gasteiger partial charge in [0.25, 0.3) is 11.5 Å². The quantitative estimate of drug-likeness (QED) is 0.788. The van der Waals surface area contributed by atoms with E-state index in [1.165, 1.54) is 0 Å². The molecule has 0 aliphatic heterocycles. The van der Waals surface area contributed by atoms with Crippen molar-refractivity contribution < 1.29 is 0 Å². The van der Waals surface area contributed by atoms with Crippen molar-refractivity contribution in [1.29, 1.82) is 0 Å². The number of hydrogen-bond donors (Lipinski definition) is 1. The molecule has 24 heavy (non-hydrogen) atoms. The number of rotatable bonds is 4. The van der Waals surface area contributed by atoms with Gasteiger partial charge in [-0.1, -0.05) is 30.7 Å². The highest BCUT2D eigenvalue weighted by molar-refractivity contribution is 6.30. The Kier molecular flexibility index (Phi) is 4.40. The number of benzene rings is 1.